The van der Waals surface area contributed by atoms with E-state index in [1.807, 2.05) is 12.1 Å². The van der Waals surface area contributed by atoms with Gasteiger partial charge in [-0.2, -0.15) is 0 Å². The monoisotopic (exact) mass is 342 g/mol. The fraction of sp³-hybridized carbons (Fsp3) is 0.300. The molecule has 1 atom stereocenters. The molecule has 1 N–H and O–H groups in total. The lowest BCUT2D eigenvalue weighted by Crippen LogP contribution is -2.15. The molecule has 0 aliphatic rings. The van der Waals surface area contributed by atoms with Gasteiger partial charge >= 0.3 is 11.9 Å². The van der Waals surface area contributed by atoms with Crippen LogP contribution in [0.4, 0.5) is 0 Å². The Morgan fingerprint density at radius 2 is 1.24 bits per heavy atom. The van der Waals surface area contributed by atoms with Crippen LogP contribution in [0.1, 0.15) is 40.0 Å². The highest BCUT2D eigenvalue weighted by Gasteiger charge is 2.10. The summed E-state index contributed by atoms with van der Waals surface area (Å²) in [7, 11) is 0. The third-order valence-corrected chi connectivity index (χ3v) is 3.62. The number of carbonyl (C=O) groups is 2. The number of esters is 2. The van der Waals surface area contributed by atoms with Gasteiger partial charge in [-0.1, -0.05) is 36.4 Å². The van der Waals surface area contributed by atoms with Crippen molar-refractivity contribution < 1.29 is 24.2 Å². The number of rotatable bonds is 9. The van der Waals surface area contributed by atoms with Crippen molar-refractivity contribution in [1.29, 1.82) is 0 Å². The summed E-state index contributed by atoms with van der Waals surface area (Å²) in [5.41, 5.74) is 1.00. The molecule has 0 heterocycles. The van der Waals surface area contributed by atoms with Crippen LogP contribution in [0.5, 0.6) is 0 Å². The summed E-state index contributed by atoms with van der Waals surface area (Å²) in [5.74, 6) is -0.767. The van der Waals surface area contributed by atoms with E-state index in [2.05, 4.69) is 0 Å². The van der Waals surface area contributed by atoms with E-state index in [9.17, 15) is 14.7 Å². The Labute approximate surface area is 147 Å². The van der Waals surface area contributed by atoms with Crippen LogP contribution < -0.4 is 0 Å². The maximum atomic E-state index is 11.7. The minimum absolute atomic E-state index is 0.151. The van der Waals surface area contributed by atoms with E-state index in [-0.39, 0.29) is 19.2 Å². The summed E-state index contributed by atoms with van der Waals surface area (Å²) in [5, 5.41) is 9.88. The van der Waals surface area contributed by atoms with Crippen LogP contribution in [0.15, 0.2) is 60.7 Å². The van der Waals surface area contributed by atoms with E-state index in [1.165, 1.54) is 0 Å². The summed E-state index contributed by atoms with van der Waals surface area (Å²) in [6.45, 7) is 0.396. The molecule has 2 rings (SSSR count). The smallest absolute Gasteiger partial charge is 0.338 e. The largest absolute Gasteiger partial charge is 0.462 e. The molecule has 2 aromatic rings. The highest BCUT2D eigenvalue weighted by Crippen LogP contribution is 2.07. The van der Waals surface area contributed by atoms with Crippen LogP contribution >= 0.6 is 0 Å². The van der Waals surface area contributed by atoms with Crippen molar-refractivity contribution >= 4 is 11.9 Å². The Morgan fingerprint density at radius 3 is 1.76 bits per heavy atom. The number of hydrogen-bond acceptors (Lipinski definition) is 5. The van der Waals surface area contributed by atoms with E-state index in [0.29, 0.717) is 30.4 Å². The third kappa shape index (κ3) is 6.77. The Bertz CT molecular complexity index is 654. The summed E-state index contributed by atoms with van der Waals surface area (Å²) >= 11 is 0. The first-order valence-electron chi connectivity index (χ1n) is 8.29. The SMILES string of the molecule is O=C(OCCCC(O)CCOC(=O)c1ccccc1)c1ccccc1. The first kappa shape index (κ1) is 18.7. The lowest BCUT2D eigenvalue weighted by Gasteiger charge is -2.11. The topological polar surface area (TPSA) is 72.8 Å². The first-order chi connectivity index (χ1) is 12.2. The van der Waals surface area contributed by atoms with Crippen LogP contribution in [-0.2, 0) is 9.47 Å². The second-order valence-electron chi connectivity index (χ2n) is 5.59. The Balaban J connectivity index is 1.56. The van der Waals surface area contributed by atoms with Crippen LogP contribution in [-0.4, -0.2) is 36.4 Å². The summed E-state index contributed by atoms with van der Waals surface area (Å²) in [4.78, 5) is 23.5. The highest BCUT2D eigenvalue weighted by molar-refractivity contribution is 5.89. The zero-order valence-electron chi connectivity index (χ0n) is 14.0. The third-order valence-electron chi connectivity index (χ3n) is 3.62. The maximum absolute atomic E-state index is 11.7. The standard InChI is InChI=1S/C20H22O5/c21-18(13-15-25-20(23)17-10-5-2-6-11-17)12-7-14-24-19(22)16-8-3-1-4-9-16/h1-6,8-11,18,21H,7,12-15H2. The molecule has 0 aliphatic heterocycles. The van der Waals surface area contributed by atoms with Gasteiger partial charge in [0.1, 0.15) is 0 Å². The van der Waals surface area contributed by atoms with Crippen LogP contribution in [0, 0.1) is 0 Å². The fourth-order valence-corrected chi connectivity index (χ4v) is 2.23. The minimum Gasteiger partial charge on any atom is -0.462 e. The zero-order chi connectivity index (χ0) is 17.9. The first-order valence-corrected chi connectivity index (χ1v) is 8.29. The number of hydrogen-bond donors (Lipinski definition) is 1. The number of ether oxygens (including phenoxy) is 2. The fourth-order valence-electron chi connectivity index (χ4n) is 2.23. The molecule has 0 spiro atoms. The Hall–Kier alpha value is -2.66. The van der Waals surface area contributed by atoms with E-state index in [4.69, 9.17) is 9.47 Å². The quantitative estimate of drug-likeness (QED) is 0.559. The van der Waals surface area contributed by atoms with Gasteiger partial charge in [-0.25, -0.2) is 9.59 Å². The van der Waals surface area contributed by atoms with Crippen molar-refractivity contribution in [3.63, 3.8) is 0 Å². The van der Waals surface area contributed by atoms with Crippen molar-refractivity contribution in [2.75, 3.05) is 13.2 Å². The number of aliphatic hydroxyl groups excluding tert-OH is 1. The van der Waals surface area contributed by atoms with Gasteiger partial charge in [0.05, 0.1) is 30.4 Å². The molecule has 0 bridgehead atoms. The molecule has 0 saturated carbocycles. The molecular formula is C20H22O5. The number of benzene rings is 2. The van der Waals surface area contributed by atoms with Gasteiger partial charge in [0.25, 0.3) is 0 Å². The molecule has 0 radical (unpaired) electrons. The minimum atomic E-state index is -0.598. The van der Waals surface area contributed by atoms with Crippen LogP contribution in [0.25, 0.3) is 0 Å². The average Bonchev–Trinajstić information content (AvgIpc) is 2.66. The Morgan fingerprint density at radius 1 is 0.760 bits per heavy atom. The van der Waals surface area contributed by atoms with Crippen molar-refractivity contribution in [1.82, 2.24) is 0 Å². The summed E-state index contributed by atoms with van der Waals surface area (Å²) in [6.07, 6.45) is 0.779. The Kier molecular flexibility index (Phi) is 7.66. The van der Waals surface area contributed by atoms with Gasteiger partial charge in [0.15, 0.2) is 0 Å². The second-order valence-corrected chi connectivity index (χ2v) is 5.59. The molecule has 5 heteroatoms. The zero-order valence-corrected chi connectivity index (χ0v) is 14.0. The van der Waals surface area contributed by atoms with Crippen LogP contribution in [0.2, 0.25) is 0 Å². The van der Waals surface area contributed by atoms with E-state index in [0.717, 1.165) is 0 Å². The van der Waals surface area contributed by atoms with Gasteiger partial charge in [-0.3, -0.25) is 0 Å². The molecular weight excluding hydrogens is 320 g/mol. The van der Waals surface area contributed by atoms with E-state index >= 15 is 0 Å². The van der Waals surface area contributed by atoms with Crippen molar-refractivity contribution in [2.45, 2.75) is 25.4 Å². The molecule has 1 unspecified atom stereocenters. The molecule has 0 fully saturated rings. The molecule has 132 valence electrons. The van der Waals surface area contributed by atoms with Gasteiger partial charge < -0.3 is 14.6 Å². The van der Waals surface area contributed by atoms with Gasteiger partial charge in [0.2, 0.25) is 0 Å². The molecule has 0 aromatic heterocycles. The van der Waals surface area contributed by atoms with Gasteiger partial charge in [0, 0.05) is 6.42 Å². The molecule has 25 heavy (non-hydrogen) atoms. The molecule has 2 aromatic carbocycles. The van der Waals surface area contributed by atoms with Gasteiger partial charge in [-0.05, 0) is 37.1 Å². The summed E-state index contributed by atoms with van der Waals surface area (Å²) in [6, 6.07) is 17.5. The van der Waals surface area contributed by atoms with Gasteiger partial charge in [-0.15, -0.1) is 0 Å². The summed E-state index contributed by atoms with van der Waals surface area (Å²) < 4.78 is 10.3. The molecule has 0 saturated heterocycles. The predicted molar refractivity (Wildman–Crippen MR) is 93.3 cm³/mol. The van der Waals surface area contributed by atoms with Crippen molar-refractivity contribution in [3.05, 3.63) is 71.8 Å². The second kappa shape index (κ2) is 10.3. The predicted octanol–water partition coefficient (Wildman–Crippen LogP) is 3.23. The average molecular weight is 342 g/mol. The van der Waals surface area contributed by atoms with Crippen LogP contribution in [0.3, 0.4) is 0 Å². The molecule has 0 amide bonds. The van der Waals surface area contributed by atoms with E-state index in [1.54, 1.807) is 48.5 Å². The van der Waals surface area contributed by atoms with Crippen molar-refractivity contribution in [3.8, 4) is 0 Å². The molecule has 0 aliphatic carbocycles. The highest BCUT2D eigenvalue weighted by atomic mass is 16.5. The maximum Gasteiger partial charge on any atom is 0.338 e. The number of carbonyl (C=O) groups excluding carboxylic acids is 2. The molecule has 5 nitrogen and oxygen atoms in total. The lowest BCUT2D eigenvalue weighted by molar-refractivity contribution is 0.0382. The van der Waals surface area contributed by atoms with E-state index < -0.39 is 12.1 Å². The lowest BCUT2D eigenvalue weighted by atomic mass is 10.1. The number of aliphatic hydroxyl groups is 1. The normalized spacial score (nSPS) is 11.6. The van der Waals surface area contributed by atoms with Crippen molar-refractivity contribution in [2.24, 2.45) is 0 Å².